The molecular formula is C22H19F3. The molecule has 0 saturated carbocycles. The second-order valence-electron chi connectivity index (χ2n) is 6.01. The van der Waals surface area contributed by atoms with Crippen LogP contribution in [0.1, 0.15) is 36.1 Å². The average molecular weight is 340 g/mol. The van der Waals surface area contributed by atoms with Crippen LogP contribution in [0.25, 0.3) is 22.4 Å². The maximum atomic E-state index is 14.7. The van der Waals surface area contributed by atoms with Crippen molar-refractivity contribution < 1.29 is 13.2 Å². The third kappa shape index (κ3) is 3.32. The first-order chi connectivity index (χ1) is 12.0. The molecule has 0 aliphatic heterocycles. The van der Waals surface area contributed by atoms with E-state index in [1.807, 2.05) is 19.9 Å². The van der Waals surface area contributed by atoms with Crippen molar-refractivity contribution in [3.05, 3.63) is 82.7 Å². The van der Waals surface area contributed by atoms with Gasteiger partial charge in [-0.2, -0.15) is 0 Å². The molecule has 0 aliphatic carbocycles. The van der Waals surface area contributed by atoms with Gasteiger partial charge in [0.25, 0.3) is 0 Å². The van der Waals surface area contributed by atoms with Crippen molar-refractivity contribution in [3.8, 4) is 0 Å². The van der Waals surface area contributed by atoms with Crippen molar-refractivity contribution in [2.75, 3.05) is 0 Å². The van der Waals surface area contributed by atoms with E-state index in [-0.39, 0.29) is 11.1 Å². The van der Waals surface area contributed by atoms with Crippen LogP contribution < -0.4 is 0 Å². The van der Waals surface area contributed by atoms with Crippen LogP contribution >= 0.6 is 0 Å². The minimum absolute atomic E-state index is 0.107. The summed E-state index contributed by atoms with van der Waals surface area (Å²) in [6.45, 7) is 3.99. The van der Waals surface area contributed by atoms with E-state index in [9.17, 15) is 13.2 Å². The highest BCUT2D eigenvalue weighted by Crippen LogP contribution is 2.33. The number of benzene rings is 3. The minimum Gasteiger partial charge on any atom is -0.206 e. The number of hydrogen-bond acceptors (Lipinski definition) is 0. The van der Waals surface area contributed by atoms with Gasteiger partial charge in [-0.15, -0.1) is 0 Å². The molecule has 0 spiro atoms. The van der Waals surface area contributed by atoms with Crippen LogP contribution in [-0.4, -0.2) is 0 Å². The van der Waals surface area contributed by atoms with Gasteiger partial charge in [0, 0.05) is 16.5 Å². The van der Waals surface area contributed by atoms with Gasteiger partial charge >= 0.3 is 0 Å². The molecule has 3 rings (SSSR count). The maximum Gasteiger partial charge on any atom is 0.169 e. The Bertz CT molecular complexity index is 937. The largest absolute Gasteiger partial charge is 0.206 e. The van der Waals surface area contributed by atoms with Gasteiger partial charge in [-0.1, -0.05) is 62.4 Å². The zero-order chi connectivity index (χ0) is 18.0. The molecule has 0 radical (unpaired) electrons. The van der Waals surface area contributed by atoms with Crippen LogP contribution in [0.5, 0.6) is 0 Å². The quantitative estimate of drug-likeness (QED) is 0.455. The van der Waals surface area contributed by atoms with Crippen molar-refractivity contribution in [2.24, 2.45) is 0 Å². The first-order valence-electron chi connectivity index (χ1n) is 8.41. The van der Waals surface area contributed by atoms with Crippen LogP contribution in [0, 0.1) is 5.82 Å². The van der Waals surface area contributed by atoms with Gasteiger partial charge in [0.15, 0.2) is 11.7 Å². The van der Waals surface area contributed by atoms with Crippen molar-refractivity contribution in [1.29, 1.82) is 0 Å². The van der Waals surface area contributed by atoms with Gasteiger partial charge in [-0.3, -0.25) is 0 Å². The van der Waals surface area contributed by atoms with Crippen molar-refractivity contribution in [1.82, 2.24) is 0 Å². The van der Waals surface area contributed by atoms with Gasteiger partial charge in [-0.05, 0) is 35.4 Å². The van der Waals surface area contributed by atoms with E-state index in [0.29, 0.717) is 10.8 Å². The Morgan fingerprint density at radius 2 is 1.40 bits per heavy atom. The Morgan fingerprint density at radius 1 is 0.760 bits per heavy atom. The summed E-state index contributed by atoms with van der Waals surface area (Å²) in [6.07, 6.45) is 1.64. The second kappa shape index (κ2) is 7.14. The molecule has 0 atom stereocenters. The molecule has 0 fully saturated rings. The maximum absolute atomic E-state index is 14.7. The van der Waals surface area contributed by atoms with Crippen LogP contribution in [-0.2, 0) is 12.8 Å². The van der Waals surface area contributed by atoms with Gasteiger partial charge in [0.1, 0.15) is 5.82 Å². The van der Waals surface area contributed by atoms with E-state index in [1.165, 1.54) is 18.2 Å². The van der Waals surface area contributed by atoms with Crippen molar-refractivity contribution in [2.45, 2.75) is 26.7 Å². The predicted molar refractivity (Wildman–Crippen MR) is 98.1 cm³/mol. The first kappa shape index (κ1) is 17.3. The van der Waals surface area contributed by atoms with Gasteiger partial charge < -0.3 is 0 Å². The molecule has 3 heteroatoms. The second-order valence-corrected chi connectivity index (χ2v) is 6.01. The standard InChI is InChI=1S/C22H19F3/c1-3-14-5-8-16(9-6-14)20(23)22(25)19-12-10-17-13-15(4-2)7-11-18(17)21(19)24/h5-13H,3-4H2,1-2H3. The third-order valence-corrected chi connectivity index (χ3v) is 4.47. The van der Waals surface area contributed by atoms with E-state index < -0.39 is 17.5 Å². The summed E-state index contributed by atoms with van der Waals surface area (Å²) in [5.41, 5.74) is 1.85. The van der Waals surface area contributed by atoms with Gasteiger partial charge in [0.2, 0.25) is 0 Å². The summed E-state index contributed by atoms with van der Waals surface area (Å²) in [7, 11) is 0. The topological polar surface area (TPSA) is 0 Å². The molecule has 3 aromatic carbocycles. The lowest BCUT2D eigenvalue weighted by Gasteiger charge is -2.08. The lowest BCUT2D eigenvalue weighted by molar-refractivity contribution is 0.622. The van der Waals surface area contributed by atoms with Crippen LogP contribution in [0.2, 0.25) is 0 Å². The summed E-state index contributed by atoms with van der Waals surface area (Å²) in [5.74, 6) is -2.97. The number of rotatable bonds is 4. The smallest absolute Gasteiger partial charge is 0.169 e. The highest BCUT2D eigenvalue weighted by molar-refractivity contribution is 5.91. The Hall–Kier alpha value is -2.55. The molecule has 0 bridgehead atoms. The zero-order valence-corrected chi connectivity index (χ0v) is 14.2. The molecular weight excluding hydrogens is 321 g/mol. The SMILES string of the molecule is CCc1ccc(C(F)=C(F)c2ccc3cc(CC)ccc3c2F)cc1. The minimum atomic E-state index is -1.18. The predicted octanol–water partition coefficient (Wildman–Crippen LogP) is 6.87. The fraction of sp³-hybridized carbons (Fsp3) is 0.182. The molecule has 25 heavy (non-hydrogen) atoms. The molecule has 0 aromatic heterocycles. The first-order valence-corrected chi connectivity index (χ1v) is 8.41. The molecule has 0 aliphatic rings. The fourth-order valence-electron chi connectivity index (χ4n) is 2.86. The number of hydrogen-bond donors (Lipinski definition) is 0. The number of aryl methyl sites for hydroxylation is 2. The van der Waals surface area contributed by atoms with E-state index in [4.69, 9.17) is 0 Å². The Kier molecular flexibility index (Phi) is 4.93. The summed E-state index contributed by atoms with van der Waals surface area (Å²) in [5, 5.41) is 0.972. The average Bonchev–Trinajstić information content (AvgIpc) is 2.67. The molecule has 0 unspecified atom stereocenters. The summed E-state index contributed by atoms with van der Waals surface area (Å²) in [4.78, 5) is 0. The lowest BCUT2D eigenvalue weighted by atomic mass is 10.0. The Morgan fingerprint density at radius 3 is 2.04 bits per heavy atom. The van der Waals surface area contributed by atoms with E-state index >= 15 is 0 Å². The summed E-state index contributed by atoms with van der Waals surface area (Å²) in [6, 6.07) is 14.7. The monoisotopic (exact) mass is 340 g/mol. The van der Waals surface area contributed by atoms with Gasteiger partial charge in [-0.25, -0.2) is 13.2 Å². The molecule has 3 aromatic rings. The third-order valence-electron chi connectivity index (χ3n) is 4.47. The van der Waals surface area contributed by atoms with Crippen LogP contribution in [0.15, 0.2) is 54.6 Å². The van der Waals surface area contributed by atoms with Crippen LogP contribution in [0.3, 0.4) is 0 Å². The molecule has 0 saturated heterocycles. The van der Waals surface area contributed by atoms with E-state index in [0.717, 1.165) is 24.0 Å². The highest BCUT2D eigenvalue weighted by Gasteiger charge is 2.17. The molecule has 0 N–H and O–H groups in total. The van der Waals surface area contributed by atoms with Gasteiger partial charge in [0.05, 0.1) is 0 Å². The number of halogens is 3. The normalized spacial score (nSPS) is 12.4. The molecule has 0 amide bonds. The molecule has 0 nitrogen and oxygen atoms in total. The highest BCUT2D eigenvalue weighted by atomic mass is 19.2. The van der Waals surface area contributed by atoms with E-state index in [2.05, 4.69) is 0 Å². The Balaban J connectivity index is 2.08. The Labute approximate surface area is 145 Å². The summed E-state index contributed by atoms with van der Waals surface area (Å²) >= 11 is 0. The van der Waals surface area contributed by atoms with Crippen LogP contribution in [0.4, 0.5) is 13.2 Å². The summed E-state index contributed by atoms with van der Waals surface area (Å²) < 4.78 is 43.8. The fourth-order valence-corrected chi connectivity index (χ4v) is 2.86. The van der Waals surface area contributed by atoms with Crippen molar-refractivity contribution in [3.63, 3.8) is 0 Å². The lowest BCUT2D eigenvalue weighted by Crippen LogP contribution is -1.92. The zero-order valence-electron chi connectivity index (χ0n) is 14.2. The molecule has 128 valence electrons. The van der Waals surface area contributed by atoms with E-state index in [1.54, 1.807) is 30.3 Å². The van der Waals surface area contributed by atoms with Crippen molar-refractivity contribution >= 4 is 22.4 Å². The number of fused-ring (bicyclic) bond motifs is 1. The molecule has 0 heterocycles.